The number of nitrogens with zero attached hydrogens (tertiary/aromatic N) is 1. The lowest BCUT2D eigenvalue weighted by Crippen LogP contribution is -2.15. The maximum absolute atomic E-state index is 12.2. The third-order valence-corrected chi connectivity index (χ3v) is 3.78. The number of amides is 1. The molecule has 0 aliphatic heterocycles. The lowest BCUT2D eigenvalue weighted by molar-refractivity contribution is -0.112. The van der Waals surface area contributed by atoms with E-state index in [1.54, 1.807) is 36.4 Å². The van der Waals surface area contributed by atoms with E-state index < -0.39 is 5.91 Å². The van der Waals surface area contributed by atoms with Crippen LogP contribution in [0.5, 0.6) is 0 Å². The van der Waals surface area contributed by atoms with Crippen molar-refractivity contribution in [2.75, 3.05) is 16.4 Å². The molecule has 4 N–H and O–H groups in total. The number of halogens is 3. The van der Waals surface area contributed by atoms with Gasteiger partial charge in [0.1, 0.15) is 11.6 Å². The van der Waals surface area contributed by atoms with Gasteiger partial charge < -0.3 is 16.4 Å². The number of nitrogen functional groups attached to an aromatic ring is 1. The highest BCUT2D eigenvalue weighted by atomic mass is 35.5. The summed E-state index contributed by atoms with van der Waals surface area (Å²) in [4.78, 5) is 12.2. The van der Waals surface area contributed by atoms with Gasteiger partial charge in [0, 0.05) is 16.9 Å². The quantitative estimate of drug-likeness (QED) is 0.407. The Bertz CT molecular complexity index is 859. The van der Waals surface area contributed by atoms with Gasteiger partial charge in [-0.05, 0) is 36.4 Å². The van der Waals surface area contributed by atoms with Gasteiger partial charge in [0.15, 0.2) is 0 Å². The van der Waals surface area contributed by atoms with Gasteiger partial charge in [-0.15, -0.1) is 0 Å². The third kappa shape index (κ3) is 4.56. The number of rotatable bonds is 4. The average molecular weight is 382 g/mol. The first-order chi connectivity index (χ1) is 11.4. The van der Waals surface area contributed by atoms with Crippen LogP contribution in [-0.2, 0) is 4.79 Å². The largest absolute Gasteiger partial charge is 0.399 e. The van der Waals surface area contributed by atoms with Crippen molar-refractivity contribution in [3.63, 3.8) is 0 Å². The highest BCUT2D eigenvalue weighted by Crippen LogP contribution is 2.26. The van der Waals surface area contributed by atoms with E-state index in [9.17, 15) is 4.79 Å². The average Bonchev–Trinajstić information content (AvgIpc) is 2.54. The smallest absolute Gasteiger partial charge is 0.267 e. The van der Waals surface area contributed by atoms with Crippen molar-refractivity contribution in [2.45, 2.75) is 0 Å². The number of benzene rings is 2. The Morgan fingerprint density at radius 2 is 1.83 bits per heavy atom. The molecule has 0 bridgehead atoms. The number of anilines is 3. The molecule has 0 aliphatic rings. The topological polar surface area (TPSA) is 90.9 Å². The predicted octanol–water partition coefficient (Wildman–Crippen LogP) is 4.69. The molecule has 122 valence electrons. The second kappa shape index (κ2) is 7.93. The van der Waals surface area contributed by atoms with E-state index in [-0.39, 0.29) is 10.6 Å². The Morgan fingerprint density at radius 3 is 2.50 bits per heavy atom. The van der Waals surface area contributed by atoms with E-state index in [2.05, 4.69) is 10.6 Å². The molecule has 8 heteroatoms. The fraction of sp³-hybridized carbons (Fsp3) is 0. The van der Waals surface area contributed by atoms with E-state index in [1.807, 2.05) is 0 Å². The van der Waals surface area contributed by atoms with Gasteiger partial charge in [0.2, 0.25) is 0 Å². The molecule has 0 saturated carbocycles. The second-order valence-electron chi connectivity index (χ2n) is 4.63. The van der Waals surface area contributed by atoms with Crippen molar-refractivity contribution in [2.24, 2.45) is 0 Å². The molecule has 0 fully saturated rings. The molecule has 0 spiro atoms. The zero-order chi connectivity index (χ0) is 17.7. The van der Waals surface area contributed by atoms with Crippen LogP contribution in [0.25, 0.3) is 0 Å². The standard InChI is InChI=1S/C16H11Cl3N4O/c17-10-1-3-12(18)15(5-10)22-8-9(7-20)16(24)23-14-4-2-11(21)6-13(14)19/h1-6,8,22H,21H2,(H,23,24)/b9-8-. The van der Waals surface area contributed by atoms with Crippen molar-refractivity contribution in [3.8, 4) is 6.07 Å². The number of carbonyl (C=O) groups excluding carboxylic acids is 1. The van der Waals surface area contributed by atoms with E-state index in [1.165, 1.54) is 12.3 Å². The molecule has 0 aromatic heterocycles. The molecule has 0 radical (unpaired) electrons. The van der Waals surface area contributed by atoms with Gasteiger partial charge >= 0.3 is 0 Å². The van der Waals surface area contributed by atoms with Crippen LogP contribution in [0.1, 0.15) is 0 Å². The first kappa shape index (κ1) is 18.0. The molecule has 0 unspecified atom stereocenters. The molecule has 2 rings (SSSR count). The lowest BCUT2D eigenvalue weighted by atomic mass is 10.2. The van der Waals surface area contributed by atoms with Crippen LogP contribution >= 0.6 is 34.8 Å². The van der Waals surface area contributed by atoms with Crippen molar-refractivity contribution in [1.82, 2.24) is 0 Å². The highest BCUT2D eigenvalue weighted by Gasteiger charge is 2.12. The molecule has 5 nitrogen and oxygen atoms in total. The summed E-state index contributed by atoms with van der Waals surface area (Å²) in [6.45, 7) is 0. The summed E-state index contributed by atoms with van der Waals surface area (Å²) in [7, 11) is 0. The minimum atomic E-state index is -0.630. The maximum Gasteiger partial charge on any atom is 0.267 e. The minimum absolute atomic E-state index is 0.168. The second-order valence-corrected chi connectivity index (χ2v) is 5.88. The van der Waals surface area contributed by atoms with Crippen LogP contribution in [0.4, 0.5) is 17.1 Å². The molecule has 24 heavy (non-hydrogen) atoms. The Morgan fingerprint density at radius 1 is 1.08 bits per heavy atom. The predicted molar refractivity (Wildman–Crippen MR) is 98.3 cm³/mol. The number of nitrogens with two attached hydrogens (primary N) is 1. The van der Waals surface area contributed by atoms with E-state index >= 15 is 0 Å². The van der Waals surface area contributed by atoms with E-state index in [0.717, 1.165) is 0 Å². The molecule has 0 saturated heterocycles. The van der Waals surface area contributed by atoms with Crippen LogP contribution in [-0.4, -0.2) is 5.91 Å². The summed E-state index contributed by atoms with van der Waals surface area (Å²) < 4.78 is 0. The SMILES string of the molecule is N#C/C(=C/Nc1cc(Cl)ccc1Cl)C(=O)Nc1ccc(N)cc1Cl. The zero-order valence-corrected chi connectivity index (χ0v) is 14.4. The van der Waals surface area contributed by atoms with Gasteiger partial charge in [-0.1, -0.05) is 34.8 Å². The molecule has 2 aromatic rings. The molecular weight excluding hydrogens is 371 g/mol. The van der Waals surface area contributed by atoms with Gasteiger partial charge in [-0.25, -0.2) is 0 Å². The van der Waals surface area contributed by atoms with Gasteiger partial charge in [0.05, 0.1) is 21.4 Å². The van der Waals surface area contributed by atoms with E-state index in [4.69, 9.17) is 45.8 Å². The summed E-state index contributed by atoms with van der Waals surface area (Å²) in [6.07, 6.45) is 1.23. The Balaban J connectivity index is 2.16. The van der Waals surface area contributed by atoms with Crippen LogP contribution in [0, 0.1) is 11.3 Å². The fourth-order valence-electron chi connectivity index (χ4n) is 1.73. The highest BCUT2D eigenvalue weighted by molar-refractivity contribution is 6.35. The number of hydrogen-bond donors (Lipinski definition) is 3. The Kier molecular flexibility index (Phi) is 5.93. The zero-order valence-electron chi connectivity index (χ0n) is 12.1. The summed E-state index contributed by atoms with van der Waals surface area (Å²) >= 11 is 17.9. The first-order valence-electron chi connectivity index (χ1n) is 6.59. The normalized spacial score (nSPS) is 10.8. The molecule has 1 amide bonds. The molecule has 0 heterocycles. The van der Waals surface area contributed by atoms with Crippen LogP contribution in [0.15, 0.2) is 48.2 Å². The van der Waals surface area contributed by atoms with Crippen molar-refractivity contribution < 1.29 is 4.79 Å². The van der Waals surface area contributed by atoms with Crippen LogP contribution in [0.2, 0.25) is 15.1 Å². The first-order valence-corrected chi connectivity index (χ1v) is 7.72. The minimum Gasteiger partial charge on any atom is -0.399 e. The number of carbonyl (C=O) groups is 1. The Hall–Kier alpha value is -2.39. The number of nitriles is 1. The van der Waals surface area contributed by atoms with E-state index in [0.29, 0.717) is 27.1 Å². The van der Waals surface area contributed by atoms with Crippen molar-refractivity contribution in [3.05, 3.63) is 63.2 Å². The summed E-state index contributed by atoms with van der Waals surface area (Å²) in [5.41, 5.74) is 6.70. The van der Waals surface area contributed by atoms with Gasteiger partial charge in [0.25, 0.3) is 5.91 Å². The Labute approximate surface area is 153 Å². The summed E-state index contributed by atoms with van der Waals surface area (Å²) in [5, 5.41) is 15.6. The molecule has 0 aliphatic carbocycles. The fourth-order valence-corrected chi connectivity index (χ4v) is 2.31. The maximum atomic E-state index is 12.2. The van der Waals surface area contributed by atoms with Gasteiger partial charge in [-0.3, -0.25) is 4.79 Å². The van der Waals surface area contributed by atoms with Crippen molar-refractivity contribution in [1.29, 1.82) is 5.26 Å². The van der Waals surface area contributed by atoms with Crippen molar-refractivity contribution >= 4 is 57.8 Å². The lowest BCUT2D eigenvalue weighted by Gasteiger charge is -2.08. The number of hydrogen-bond acceptors (Lipinski definition) is 4. The molecular formula is C16H11Cl3N4O. The summed E-state index contributed by atoms with van der Waals surface area (Å²) in [6, 6.07) is 11.2. The third-order valence-electron chi connectivity index (χ3n) is 2.91. The number of nitrogens with one attached hydrogen (secondary N) is 2. The van der Waals surface area contributed by atoms with Crippen LogP contribution in [0.3, 0.4) is 0 Å². The summed E-state index contributed by atoms with van der Waals surface area (Å²) in [5.74, 6) is -0.630. The monoisotopic (exact) mass is 380 g/mol. The molecule has 0 atom stereocenters. The molecule has 2 aromatic carbocycles. The van der Waals surface area contributed by atoms with Crippen LogP contribution < -0.4 is 16.4 Å². The van der Waals surface area contributed by atoms with Gasteiger partial charge in [-0.2, -0.15) is 5.26 Å².